The van der Waals surface area contributed by atoms with Gasteiger partial charge in [-0.15, -0.1) is 0 Å². The molecule has 10 heteroatoms. The van der Waals surface area contributed by atoms with E-state index in [1.54, 1.807) is 4.90 Å². The Morgan fingerprint density at radius 1 is 1.05 bits per heavy atom. The molecule has 1 unspecified atom stereocenters. The highest BCUT2D eigenvalue weighted by Gasteiger charge is 2.47. The smallest absolute Gasteiger partial charge is 0.410 e. The summed E-state index contributed by atoms with van der Waals surface area (Å²) in [6.45, 7) is 9.15. The zero-order valence-corrected chi connectivity index (χ0v) is 21.6. The molecule has 0 radical (unpaired) electrons. The summed E-state index contributed by atoms with van der Waals surface area (Å²) in [5, 5.41) is 2.91. The predicted octanol–water partition coefficient (Wildman–Crippen LogP) is 3.18. The Morgan fingerprint density at radius 2 is 1.76 bits per heavy atom. The quantitative estimate of drug-likeness (QED) is 0.637. The number of carbonyl (C=O) groups is 5. The molecule has 10 nitrogen and oxygen atoms in total. The maximum Gasteiger partial charge on any atom is 0.410 e. The number of aromatic nitrogens is 1. The van der Waals surface area contributed by atoms with Crippen molar-refractivity contribution in [3.63, 3.8) is 0 Å². The van der Waals surface area contributed by atoms with Crippen molar-refractivity contribution in [1.82, 2.24) is 19.7 Å². The van der Waals surface area contributed by atoms with Gasteiger partial charge in [-0.25, -0.2) is 4.79 Å². The normalized spacial score (nSPS) is 21.0. The van der Waals surface area contributed by atoms with Crippen LogP contribution in [0.1, 0.15) is 85.7 Å². The van der Waals surface area contributed by atoms with Crippen molar-refractivity contribution in [2.45, 2.75) is 77.5 Å². The molecule has 0 spiro atoms. The summed E-state index contributed by atoms with van der Waals surface area (Å²) < 4.78 is 7.34. The van der Waals surface area contributed by atoms with Crippen LogP contribution in [0, 0.1) is 0 Å². The summed E-state index contributed by atoms with van der Waals surface area (Å²) in [7, 11) is 0. The van der Waals surface area contributed by atoms with E-state index in [0.717, 1.165) is 28.8 Å². The third-order valence-electron chi connectivity index (χ3n) is 7.40. The van der Waals surface area contributed by atoms with E-state index in [-0.39, 0.29) is 24.9 Å². The first-order chi connectivity index (χ1) is 17.5. The molecule has 2 fully saturated rings. The highest BCUT2D eigenvalue weighted by Crippen LogP contribution is 2.38. The number of hydrogen-bond donors (Lipinski definition) is 1. The van der Waals surface area contributed by atoms with Gasteiger partial charge in [0.2, 0.25) is 11.8 Å². The third-order valence-corrected chi connectivity index (χ3v) is 7.40. The van der Waals surface area contributed by atoms with Crippen LogP contribution < -0.4 is 5.32 Å². The van der Waals surface area contributed by atoms with Crippen LogP contribution in [0.5, 0.6) is 0 Å². The fourth-order valence-electron chi connectivity index (χ4n) is 5.65. The lowest BCUT2D eigenvalue weighted by Gasteiger charge is -2.33. The van der Waals surface area contributed by atoms with E-state index in [1.807, 2.05) is 50.5 Å². The first-order valence-corrected chi connectivity index (χ1v) is 12.9. The minimum atomic E-state index is -0.986. The van der Waals surface area contributed by atoms with Crippen molar-refractivity contribution in [2.24, 2.45) is 0 Å². The highest BCUT2D eigenvalue weighted by molar-refractivity contribution is 6.28. The molecule has 4 heterocycles. The molecule has 196 valence electrons. The number of carbonyl (C=O) groups excluding carboxylic acids is 5. The van der Waals surface area contributed by atoms with Gasteiger partial charge >= 0.3 is 6.09 Å². The number of hydrogen-bond acceptors (Lipinski definition) is 6. The van der Waals surface area contributed by atoms with E-state index in [4.69, 9.17) is 4.74 Å². The number of imide groups is 2. The number of nitrogens with one attached hydrogen (secondary N) is 1. The number of aryl methyl sites for hydroxylation is 1. The van der Waals surface area contributed by atoms with Crippen LogP contribution >= 0.6 is 0 Å². The number of amides is 5. The van der Waals surface area contributed by atoms with Crippen molar-refractivity contribution in [3.8, 4) is 0 Å². The first kappa shape index (κ1) is 25.0. The van der Waals surface area contributed by atoms with Gasteiger partial charge in [-0.05, 0) is 64.5 Å². The van der Waals surface area contributed by atoms with Crippen molar-refractivity contribution in [1.29, 1.82) is 0 Å². The van der Waals surface area contributed by atoms with Crippen molar-refractivity contribution >= 4 is 40.6 Å². The van der Waals surface area contributed by atoms with E-state index >= 15 is 0 Å². The van der Waals surface area contributed by atoms with Gasteiger partial charge in [0.25, 0.3) is 11.8 Å². The zero-order valence-electron chi connectivity index (χ0n) is 21.6. The van der Waals surface area contributed by atoms with Crippen molar-refractivity contribution < 1.29 is 28.7 Å². The number of rotatable bonds is 3. The Bertz CT molecular complexity index is 1330. The maximum atomic E-state index is 13.4. The van der Waals surface area contributed by atoms with Gasteiger partial charge in [-0.2, -0.15) is 0 Å². The Hall–Kier alpha value is -3.69. The molecule has 1 atom stereocenters. The minimum Gasteiger partial charge on any atom is -0.444 e. The lowest BCUT2D eigenvalue weighted by atomic mass is 9.89. The van der Waals surface area contributed by atoms with Gasteiger partial charge in [0.1, 0.15) is 17.3 Å². The van der Waals surface area contributed by atoms with Gasteiger partial charge < -0.3 is 14.2 Å². The van der Waals surface area contributed by atoms with E-state index in [9.17, 15) is 24.0 Å². The van der Waals surface area contributed by atoms with Crippen LogP contribution in [0.2, 0.25) is 0 Å². The number of fused-ring (bicyclic) bond motifs is 3. The molecule has 2 aromatic rings. The van der Waals surface area contributed by atoms with Gasteiger partial charge in [-0.1, -0.05) is 12.1 Å². The fourth-order valence-corrected chi connectivity index (χ4v) is 5.65. The molecular weight excluding hydrogens is 476 g/mol. The van der Waals surface area contributed by atoms with Gasteiger partial charge in [0, 0.05) is 37.0 Å². The van der Waals surface area contributed by atoms with Crippen LogP contribution in [0.15, 0.2) is 18.2 Å². The topological polar surface area (TPSA) is 118 Å². The van der Waals surface area contributed by atoms with Gasteiger partial charge in [0.05, 0.1) is 5.56 Å². The molecule has 0 bridgehead atoms. The Balaban J connectivity index is 1.40. The Morgan fingerprint density at radius 3 is 2.38 bits per heavy atom. The molecule has 1 aromatic heterocycles. The zero-order chi connectivity index (χ0) is 26.6. The molecule has 5 amide bonds. The molecule has 2 saturated heterocycles. The fraction of sp³-hybridized carbons (Fsp3) is 0.519. The lowest BCUT2D eigenvalue weighted by Crippen LogP contribution is -2.54. The second-order valence-electron chi connectivity index (χ2n) is 10.9. The summed E-state index contributed by atoms with van der Waals surface area (Å²) in [6, 6.07) is 4.93. The summed E-state index contributed by atoms with van der Waals surface area (Å²) in [4.78, 5) is 66.0. The number of nitrogens with zero attached hydrogens (tertiary/aromatic N) is 3. The predicted molar refractivity (Wildman–Crippen MR) is 134 cm³/mol. The summed E-state index contributed by atoms with van der Waals surface area (Å²) >= 11 is 0. The molecule has 0 aliphatic carbocycles. The van der Waals surface area contributed by atoms with E-state index < -0.39 is 35.3 Å². The molecule has 3 aliphatic heterocycles. The Kier molecular flexibility index (Phi) is 6.08. The average Bonchev–Trinajstić information content (AvgIpc) is 3.30. The van der Waals surface area contributed by atoms with Crippen LogP contribution in [-0.4, -0.2) is 68.8 Å². The Labute approximate surface area is 214 Å². The summed E-state index contributed by atoms with van der Waals surface area (Å²) in [5.41, 5.74) is 1.99. The molecular formula is C27H32N4O6. The third kappa shape index (κ3) is 4.28. The monoisotopic (exact) mass is 508 g/mol. The molecule has 1 aromatic carbocycles. The number of ether oxygens (including phenoxy) is 1. The van der Waals surface area contributed by atoms with Crippen molar-refractivity contribution in [2.75, 3.05) is 13.1 Å². The lowest BCUT2D eigenvalue weighted by molar-refractivity contribution is -0.136. The summed E-state index contributed by atoms with van der Waals surface area (Å²) in [6.07, 6.45) is 1.50. The molecule has 37 heavy (non-hydrogen) atoms. The number of piperidine rings is 2. The molecule has 5 rings (SSSR count). The van der Waals surface area contributed by atoms with Gasteiger partial charge in [0.15, 0.2) is 0 Å². The van der Waals surface area contributed by atoms with Crippen LogP contribution in [0.4, 0.5) is 4.79 Å². The minimum absolute atomic E-state index is 0.0856. The van der Waals surface area contributed by atoms with E-state index in [2.05, 4.69) is 5.32 Å². The van der Waals surface area contributed by atoms with Crippen LogP contribution in [0.3, 0.4) is 0 Å². The second-order valence-corrected chi connectivity index (χ2v) is 10.9. The average molecular weight is 509 g/mol. The van der Waals surface area contributed by atoms with E-state index in [1.165, 1.54) is 0 Å². The van der Waals surface area contributed by atoms with E-state index in [0.29, 0.717) is 36.3 Å². The van der Waals surface area contributed by atoms with Crippen molar-refractivity contribution in [3.05, 3.63) is 35.0 Å². The SMILES string of the molecule is CCn1c2c(c3ccc(C4CCN(C(=O)OC(C)(C)C)CC4)cc31)C(=O)N(C1CCC(=O)NC1=O)C2=O. The maximum absolute atomic E-state index is 13.4. The number of likely N-dealkylation sites (tertiary alicyclic amines) is 1. The molecule has 0 saturated carbocycles. The highest BCUT2D eigenvalue weighted by atomic mass is 16.6. The van der Waals surface area contributed by atoms with Crippen LogP contribution in [0.25, 0.3) is 10.9 Å². The second kappa shape index (κ2) is 9.00. The molecule has 1 N–H and O–H groups in total. The number of benzene rings is 1. The first-order valence-electron chi connectivity index (χ1n) is 12.9. The van der Waals surface area contributed by atoms with Crippen LogP contribution in [-0.2, 0) is 20.9 Å². The standard InChI is InChI=1S/C27H32N4O6/c1-5-30-19-14-16(15-10-12-29(13-11-15)26(36)37-27(2,3)4)6-7-17(19)21-22(30)25(35)31(24(21)34)18-8-9-20(32)28-23(18)33/h6-7,14-15,18H,5,8-13H2,1-4H3,(H,28,32,33). The van der Waals surface area contributed by atoms with Gasteiger partial charge in [-0.3, -0.25) is 29.4 Å². The molecule has 3 aliphatic rings. The largest absolute Gasteiger partial charge is 0.444 e. The summed E-state index contributed by atoms with van der Waals surface area (Å²) in [5.74, 6) is -1.77.